The van der Waals surface area contributed by atoms with Gasteiger partial charge in [-0.1, -0.05) is 38.0 Å². The van der Waals surface area contributed by atoms with E-state index in [-0.39, 0.29) is 23.9 Å². The van der Waals surface area contributed by atoms with Gasteiger partial charge in [0.2, 0.25) is 0 Å². The number of nitrogens with zero attached hydrogens (tertiary/aromatic N) is 1. The molecule has 2 atom stereocenters. The molecule has 0 saturated heterocycles. The van der Waals surface area contributed by atoms with Crippen LogP contribution in [0.3, 0.4) is 0 Å². The number of carbonyl (C=O) groups excluding carboxylic acids is 1. The lowest BCUT2D eigenvalue weighted by Crippen LogP contribution is -2.55. The van der Waals surface area contributed by atoms with Crippen LogP contribution in [0.4, 0.5) is 0 Å². The van der Waals surface area contributed by atoms with Crippen molar-refractivity contribution in [1.29, 1.82) is 0 Å². The molecule has 1 aliphatic carbocycles. The van der Waals surface area contributed by atoms with Crippen molar-refractivity contribution in [3.8, 4) is 0 Å². The maximum atomic E-state index is 12.8. The van der Waals surface area contributed by atoms with Crippen LogP contribution >= 0.6 is 12.4 Å². The summed E-state index contributed by atoms with van der Waals surface area (Å²) >= 11 is 0. The lowest BCUT2D eigenvalue weighted by atomic mass is 9.75. The standard InChI is InChI=1S/C20H33N3O.ClH/c1-16-8-7-12-20(14-16,23(3)4)15-22-19(24)18-10-6-5-9-17(18)11-13-21-2;/h5-6,9-10,16,21H,7-8,11-15H2,1-4H3,(H,22,24);1H. The fraction of sp³-hybridized carbons (Fsp3) is 0.650. The zero-order chi connectivity index (χ0) is 17.6. The highest BCUT2D eigenvalue weighted by atomic mass is 35.5. The summed E-state index contributed by atoms with van der Waals surface area (Å²) < 4.78 is 0. The Bertz CT molecular complexity index is 549. The van der Waals surface area contributed by atoms with Gasteiger partial charge < -0.3 is 15.5 Å². The van der Waals surface area contributed by atoms with E-state index in [1.807, 2.05) is 25.2 Å². The second-order valence-electron chi connectivity index (χ2n) is 7.51. The number of hydrogen-bond acceptors (Lipinski definition) is 3. The van der Waals surface area contributed by atoms with Crippen molar-refractivity contribution >= 4 is 18.3 Å². The van der Waals surface area contributed by atoms with Gasteiger partial charge in [0.25, 0.3) is 5.91 Å². The number of amides is 1. The van der Waals surface area contributed by atoms with Crippen LogP contribution in [0.25, 0.3) is 0 Å². The van der Waals surface area contributed by atoms with Crippen LogP contribution in [0, 0.1) is 5.92 Å². The van der Waals surface area contributed by atoms with Gasteiger partial charge in [0, 0.05) is 17.6 Å². The van der Waals surface area contributed by atoms with E-state index in [9.17, 15) is 4.79 Å². The number of hydrogen-bond donors (Lipinski definition) is 2. The monoisotopic (exact) mass is 367 g/mol. The summed E-state index contributed by atoms with van der Waals surface area (Å²) in [5.74, 6) is 0.780. The molecule has 1 fully saturated rings. The maximum Gasteiger partial charge on any atom is 0.251 e. The van der Waals surface area contributed by atoms with Crippen LogP contribution in [0.5, 0.6) is 0 Å². The summed E-state index contributed by atoms with van der Waals surface area (Å²) in [6, 6.07) is 7.94. The van der Waals surface area contributed by atoms with Crippen molar-refractivity contribution in [3.05, 3.63) is 35.4 Å². The minimum Gasteiger partial charge on any atom is -0.350 e. The first kappa shape index (κ1) is 21.9. The largest absolute Gasteiger partial charge is 0.350 e. The van der Waals surface area contributed by atoms with Crippen LogP contribution in [0.15, 0.2) is 24.3 Å². The number of likely N-dealkylation sites (N-methyl/N-ethyl adjacent to an activating group) is 2. The van der Waals surface area contributed by atoms with Gasteiger partial charge in [-0.25, -0.2) is 0 Å². The van der Waals surface area contributed by atoms with Crippen molar-refractivity contribution in [2.75, 3.05) is 34.2 Å². The molecule has 5 heteroatoms. The third-order valence-electron chi connectivity index (χ3n) is 5.50. The number of carbonyl (C=O) groups is 1. The molecule has 4 nitrogen and oxygen atoms in total. The summed E-state index contributed by atoms with van der Waals surface area (Å²) in [6.45, 7) is 3.93. The first-order chi connectivity index (χ1) is 11.5. The molecule has 1 aromatic carbocycles. The van der Waals surface area contributed by atoms with Gasteiger partial charge in [-0.05, 0) is 64.5 Å². The molecule has 1 amide bonds. The zero-order valence-corrected chi connectivity index (χ0v) is 16.9. The Hall–Kier alpha value is -1.10. The van der Waals surface area contributed by atoms with E-state index < -0.39 is 0 Å². The van der Waals surface area contributed by atoms with Crippen molar-refractivity contribution < 1.29 is 4.79 Å². The second-order valence-corrected chi connectivity index (χ2v) is 7.51. The molecule has 25 heavy (non-hydrogen) atoms. The molecular weight excluding hydrogens is 334 g/mol. The molecule has 2 unspecified atom stereocenters. The van der Waals surface area contributed by atoms with Crippen LogP contribution in [0.2, 0.25) is 0 Å². The van der Waals surface area contributed by atoms with Crippen molar-refractivity contribution in [1.82, 2.24) is 15.5 Å². The Morgan fingerprint density at radius 3 is 2.68 bits per heavy atom. The number of benzene rings is 1. The number of nitrogens with one attached hydrogen (secondary N) is 2. The smallest absolute Gasteiger partial charge is 0.251 e. The van der Waals surface area contributed by atoms with Gasteiger partial charge in [-0.2, -0.15) is 0 Å². The Labute approximate surface area is 159 Å². The molecule has 0 aliphatic heterocycles. The molecule has 0 spiro atoms. The average molecular weight is 368 g/mol. The van der Waals surface area contributed by atoms with Crippen LogP contribution in [-0.4, -0.2) is 50.6 Å². The first-order valence-corrected chi connectivity index (χ1v) is 9.16. The third kappa shape index (κ3) is 5.70. The number of rotatable bonds is 7. The predicted molar refractivity (Wildman–Crippen MR) is 108 cm³/mol. The SMILES string of the molecule is CNCCc1ccccc1C(=O)NCC1(N(C)C)CCCC(C)C1.Cl. The lowest BCUT2D eigenvalue weighted by molar-refractivity contribution is 0.0674. The molecule has 142 valence electrons. The van der Waals surface area contributed by atoms with Crippen molar-refractivity contribution in [2.45, 2.75) is 44.6 Å². The molecule has 2 rings (SSSR count). The minimum absolute atomic E-state index is 0. The van der Waals surface area contributed by atoms with Crippen LogP contribution in [-0.2, 0) is 6.42 Å². The van der Waals surface area contributed by atoms with Crippen molar-refractivity contribution in [2.24, 2.45) is 5.92 Å². The van der Waals surface area contributed by atoms with Crippen LogP contribution < -0.4 is 10.6 Å². The molecule has 1 saturated carbocycles. The normalized spacial score (nSPS) is 23.2. The van der Waals surface area contributed by atoms with Gasteiger partial charge in [-0.3, -0.25) is 4.79 Å². The van der Waals surface area contributed by atoms with Gasteiger partial charge in [0.05, 0.1) is 0 Å². The number of halogens is 1. The molecule has 2 N–H and O–H groups in total. The summed E-state index contributed by atoms with van der Waals surface area (Å²) in [5, 5.41) is 6.38. The molecule has 0 heterocycles. The minimum atomic E-state index is 0. The fourth-order valence-electron chi connectivity index (χ4n) is 3.92. The van der Waals surface area contributed by atoms with Gasteiger partial charge >= 0.3 is 0 Å². The van der Waals surface area contributed by atoms with E-state index in [2.05, 4.69) is 42.6 Å². The molecule has 1 aliphatic rings. The molecule has 0 bridgehead atoms. The second kappa shape index (κ2) is 10.1. The van der Waals surface area contributed by atoms with E-state index in [1.54, 1.807) is 0 Å². The Morgan fingerprint density at radius 1 is 1.32 bits per heavy atom. The molecule has 1 aromatic rings. The zero-order valence-electron chi connectivity index (χ0n) is 16.1. The molecule has 0 radical (unpaired) electrons. The summed E-state index contributed by atoms with van der Waals surface area (Å²) in [5.41, 5.74) is 2.01. The average Bonchev–Trinajstić information content (AvgIpc) is 2.58. The van der Waals surface area contributed by atoms with Gasteiger partial charge in [0.1, 0.15) is 0 Å². The highest BCUT2D eigenvalue weighted by Gasteiger charge is 2.37. The van der Waals surface area contributed by atoms with Crippen molar-refractivity contribution in [3.63, 3.8) is 0 Å². The summed E-state index contributed by atoms with van der Waals surface area (Å²) in [4.78, 5) is 15.1. The quantitative estimate of drug-likeness (QED) is 0.778. The molecule has 0 aromatic heterocycles. The van der Waals surface area contributed by atoms with E-state index in [0.717, 1.165) is 49.4 Å². The highest BCUT2D eigenvalue weighted by molar-refractivity contribution is 5.95. The maximum absolute atomic E-state index is 12.8. The molecular formula is C20H34ClN3O. The predicted octanol–water partition coefficient (Wildman–Crippen LogP) is 3.11. The summed E-state index contributed by atoms with van der Waals surface area (Å²) in [7, 11) is 6.23. The van der Waals surface area contributed by atoms with Gasteiger partial charge in [-0.15, -0.1) is 12.4 Å². The summed E-state index contributed by atoms with van der Waals surface area (Å²) in [6.07, 6.45) is 5.73. The third-order valence-corrected chi connectivity index (χ3v) is 5.50. The Balaban J connectivity index is 0.00000312. The fourth-order valence-corrected chi connectivity index (χ4v) is 3.92. The van der Waals surface area contributed by atoms with Crippen LogP contribution in [0.1, 0.15) is 48.5 Å². The van der Waals surface area contributed by atoms with E-state index >= 15 is 0 Å². The van der Waals surface area contributed by atoms with E-state index in [4.69, 9.17) is 0 Å². The lowest BCUT2D eigenvalue weighted by Gasteiger charge is -2.45. The van der Waals surface area contributed by atoms with E-state index in [1.165, 1.54) is 12.8 Å². The highest BCUT2D eigenvalue weighted by Crippen LogP contribution is 2.35. The Morgan fingerprint density at radius 2 is 2.04 bits per heavy atom. The first-order valence-electron chi connectivity index (χ1n) is 9.16. The topological polar surface area (TPSA) is 44.4 Å². The van der Waals surface area contributed by atoms with Gasteiger partial charge in [0.15, 0.2) is 0 Å². The Kier molecular flexibility index (Phi) is 8.91. The van der Waals surface area contributed by atoms with E-state index in [0.29, 0.717) is 0 Å².